The molecular formula is C34H51N3O2. The Balaban J connectivity index is 1.41. The summed E-state index contributed by atoms with van der Waals surface area (Å²) in [7, 11) is 1.89. The van der Waals surface area contributed by atoms with E-state index in [4.69, 9.17) is 0 Å². The molecule has 1 amide bonds. The third-order valence-electron chi connectivity index (χ3n) is 8.89. The Morgan fingerprint density at radius 2 is 1.90 bits per heavy atom. The number of aromatic amines is 1. The average Bonchev–Trinajstić information content (AvgIpc) is 3.51. The number of rotatable bonds is 10. The quantitative estimate of drug-likeness (QED) is 0.313. The van der Waals surface area contributed by atoms with Crippen molar-refractivity contribution >= 4 is 22.4 Å². The van der Waals surface area contributed by atoms with Crippen LogP contribution in [0, 0.1) is 0 Å². The van der Waals surface area contributed by atoms with Crippen LogP contribution < -0.4 is 0 Å². The highest BCUT2D eigenvalue weighted by molar-refractivity contribution is 5.92. The summed E-state index contributed by atoms with van der Waals surface area (Å²) in [5.41, 5.74) is 7.37. The summed E-state index contributed by atoms with van der Waals surface area (Å²) < 4.78 is 0. The maximum atomic E-state index is 12.9. The lowest BCUT2D eigenvalue weighted by molar-refractivity contribution is -0.132. The van der Waals surface area contributed by atoms with Crippen molar-refractivity contribution < 1.29 is 9.90 Å². The number of allylic oxidation sites excluding steroid dienone is 4. The Hall–Kier alpha value is -2.37. The summed E-state index contributed by atoms with van der Waals surface area (Å²) in [5.74, 6) is 1.12. The van der Waals surface area contributed by atoms with E-state index >= 15 is 0 Å². The third-order valence-corrected chi connectivity index (χ3v) is 8.89. The lowest BCUT2D eigenvalue weighted by Crippen LogP contribution is -2.43. The molecule has 1 aromatic carbocycles. The molecule has 2 heterocycles. The van der Waals surface area contributed by atoms with Crippen molar-refractivity contribution in [2.24, 2.45) is 0 Å². The van der Waals surface area contributed by atoms with E-state index in [0.29, 0.717) is 31.3 Å². The molecule has 0 bridgehead atoms. The molecule has 1 saturated heterocycles. The van der Waals surface area contributed by atoms with Gasteiger partial charge in [0.25, 0.3) is 0 Å². The fraction of sp³-hybridized carbons (Fsp3) is 0.618. The number of nitrogens with one attached hydrogen (secondary N) is 1. The van der Waals surface area contributed by atoms with E-state index in [-0.39, 0.29) is 5.91 Å². The second kappa shape index (κ2) is 12.9. The van der Waals surface area contributed by atoms with E-state index in [1.54, 1.807) is 0 Å². The van der Waals surface area contributed by atoms with Crippen LogP contribution in [0.15, 0.2) is 35.9 Å². The molecule has 2 aliphatic rings. The topological polar surface area (TPSA) is 59.6 Å². The van der Waals surface area contributed by atoms with Crippen molar-refractivity contribution in [1.82, 2.24) is 14.8 Å². The molecule has 0 spiro atoms. The first-order valence-electron chi connectivity index (χ1n) is 15.3. The van der Waals surface area contributed by atoms with Gasteiger partial charge in [0.1, 0.15) is 0 Å². The summed E-state index contributed by atoms with van der Waals surface area (Å²) >= 11 is 0. The molecule has 1 aromatic heterocycles. The van der Waals surface area contributed by atoms with Crippen molar-refractivity contribution in [3.05, 3.63) is 52.7 Å². The van der Waals surface area contributed by atoms with Gasteiger partial charge in [-0.1, -0.05) is 57.4 Å². The number of fused-ring (bicyclic) bond motifs is 1. The van der Waals surface area contributed by atoms with Gasteiger partial charge in [0.15, 0.2) is 0 Å². The highest BCUT2D eigenvalue weighted by atomic mass is 16.3. The van der Waals surface area contributed by atoms with Crippen LogP contribution in [0.25, 0.3) is 16.5 Å². The standard InChI is InChI=1S/C34H51N3O2/c1-7-10-28(21-24(2)3)33-32(25(4)5)29-22-27(11-12-30(29)35-33)26-13-18-37(19-14-26)23-31(38)36(6)20-17-34(39)15-8-9-16-34/h10-12,21-22,25-26,35,39H,7-9,13-20,23H2,1-6H3/b28-10+. The van der Waals surface area contributed by atoms with E-state index in [1.807, 2.05) is 11.9 Å². The highest BCUT2D eigenvalue weighted by Gasteiger charge is 2.31. The zero-order valence-corrected chi connectivity index (χ0v) is 25.3. The molecule has 4 rings (SSSR count). The van der Waals surface area contributed by atoms with Crippen LogP contribution in [-0.4, -0.2) is 64.6 Å². The summed E-state index contributed by atoms with van der Waals surface area (Å²) in [5, 5.41) is 12.0. The average molecular weight is 534 g/mol. The fourth-order valence-electron chi connectivity index (χ4n) is 6.60. The van der Waals surface area contributed by atoms with E-state index in [1.165, 1.54) is 38.9 Å². The van der Waals surface area contributed by atoms with Crippen molar-refractivity contribution in [3.8, 4) is 0 Å². The lowest BCUT2D eigenvalue weighted by Gasteiger charge is -2.33. The molecule has 2 fully saturated rings. The van der Waals surface area contributed by atoms with Gasteiger partial charge in [0.05, 0.1) is 12.1 Å². The summed E-state index contributed by atoms with van der Waals surface area (Å²) in [6.45, 7) is 14.2. The minimum atomic E-state index is -0.552. The maximum Gasteiger partial charge on any atom is 0.236 e. The van der Waals surface area contributed by atoms with Crippen LogP contribution in [0.4, 0.5) is 0 Å². The van der Waals surface area contributed by atoms with Crippen LogP contribution in [0.5, 0.6) is 0 Å². The molecule has 5 heteroatoms. The number of H-pyrrole nitrogens is 1. The van der Waals surface area contributed by atoms with E-state index in [0.717, 1.165) is 58.0 Å². The largest absolute Gasteiger partial charge is 0.390 e. The predicted octanol–water partition coefficient (Wildman–Crippen LogP) is 7.38. The molecule has 2 aromatic rings. The second-order valence-electron chi connectivity index (χ2n) is 12.7. The van der Waals surface area contributed by atoms with Crippen molar-refractivity contribution in [1.29, 1.82) is 0 Å². The zero-order chi connectivity index (χ0) is 28.2. The number of aliphatic hydroxyl groups is 1. The number of hydrogen-bond acceptors (Lipinski definition) is 3. The summed E-state index contributed by atoms with van der Waals surface area (Å²) in [4.78, 5) is 20.8. The van der Waals surface area contributed by atoms with Gasteiger partial charge in [-0.25, -0.2) is 0 Å². The molecule has 1 aliphatic heterocycles. The van der Waals surface area contributed by atoms with Crippen LogP contribution >= 0.6 is 0 Å². The Morgan fingerprint density at radius 1 is 1.21 bits per heavy atom. The number of likely N-dealkylation sites (tertiary alicyclic amines) is 1. The number of hydrogen-bond donors (Lipinski definition) is 2. The molecule has 1 aliphatic carbocycles. The predicted molar refractivity (Wildman–Crippen MR) is 164 cm³/mol. The monoisotopic (exact) mass is 533 g/mol. The number of nitrogens with zero attached hydrogens (tertiary/aromatic N) is 2. The second-order valence-corrected chi connectivity index (χ2v) is 12.7. The number of carbonyl (C=O) groups is 1. The van der Waals surface area contributed by atoms with Crippen LogP contribution in [0.2, 0.25) is 0 Å². The van der Waals surface area contributed by atoms with Crippen molar-refractivity contribution in [2.75, 3.05) is 33.2 Å². The van der Waals surface area contributed by atoms with Gasteiger partial charge in [-0.15, -0.1) is 0 Å². The number of carbonyl (C=O) groups excluding carboxylic acids is 1. The molecule has 1 saturated carbocycles. The van der Waals surface area contributed by atoms with E-state index in [2.05, 4.69) is 74.9 Å². The van der Waals surface area contributed by atoms with E-state index in [9.17, 15) is 9.90 Å². The SMILES string of the molecule is CC/C=C(\C=C(C)C)c1[nH]c2ccc(C3CCN(CC(=O)N(C)CCC4(O)CCCC4)CC3)cc2c1C(C)C. The fourth-order valence-corrected chi connectivity index (χ4v) is 6.60. The smallest absolute Gasteiger partial charge is 0.236 e. The van der Waals surface area contributed by atoms with Gasteiger partial charge in [-0.05, 0) is 106 Å². The molecule has 5 nitrogen and oxygen atoms in total. The van der Waals surface area contributed by atoms with Gasteiger partial charge in [-0.3, -0.25) is 9.69 Å². The zero-order valence-electron chi connectivity index (χ0n) is 25.3. The molecular weight excluding hydrogens is 482 g/mol. The summed E-state index contributed by atoms with van der Waals surface area (Å²) in [6.07, 6.45) is 12.5. The number of amides is 1. The van der Waals surface area contributed by atoms with Gasteiger partial charge in [0, 0.05) is 30.2 Å². The lowest BCUT2D eigenvalue weighted by atomic mass is 9.87. The number of benzene rings is 1. The summed E-state index contributed by atoms with van der Waals surface area (Å²) in [6, 6.07) is 7.02. The first-order chi connectivity index (χ1) is 18.6. The van der Waals surface area contributed by atoms with Crippen LogP contribution in [-0.2, 0) is 4.79 Å². The maximum absolute atomic E-state index is 12.9. The van der Waals surface area contributed by atoms with Gasteiger partial charge in [-0.2, -0.15) is 0 Å². The Morgan fingerprint density at radius 3 is 2.51 bits per heavy atom. The Labute approximate surface area is 236 Å². The van der Waals surface area contributed by atoms with Gasteiger partial charge >= 0.3 is 0 Å². The number of aromatic nitrogens is 1. The number of likely N-dealkylation sites (N-methyl/N-ethyl adjacent to an activating group) is 1. The highest BCUT2D eigenvalue weighted by Crippen LogP contribution is 2.37. The molecule has 214 valence electrons. The van der Waals surface area contributed by atoms with Gasteiger partial charge < -0.3 is 15.0 Å². The minimum Gasteiger partial charge on any atom is -0.390 e. The first kappa shape index (κ1) is 29.6. The van der Waals surface area contributed by atoms with Crippen molar-refractivity contribution in [2.45, 2.75) is 103 Å². The number of piperidine rings is 1. The first-order valence-corrected chi connectivity index (χ1v) is 15.3. The normalized spacial score (nSPS) is 18.7. The van der Waals surface area contributed by atoms with Crippen LogP contribution in [0.1, 0.15) is 115 Å². The Bertz CT molecular complexity index is 1190. The Kier molecular flexibility index (Phi) is 9.77. The molecule has 0 atom stereocenters. The van der Waals surface area contributed by atoms with Crippen molar-refractivity contribution in [3.63, 3.8) is 0 Å². The molecule has 0 unspecified atom stereocenters. The molecule has 0 radical (unpaired) electrons. The molecule has 2 N–H and O–H groups in total. The minimum absolute atomic E-state index is 0.171. The third kappa shape index (κ3) is 7.24. The van der Waals surface area contributed by atoms with Crippen LogP contribution in [0.3, 0.4) is 0 Å². The molecule has 39 heavy (non-hydrogen) atoms. The van der Waals surface area contributed by atoms with E-state index < -0.39 is 5.60 Å². The van der Waals surface area contributed by atoms with Gasteiger partial charge in [0.2, 0.25) is 5.91 Å².